The molecule has 0 saturated carbocycles. The number of hydrogen-bond acceptors (Lipinski definition) is 4. The fourth-order valence-electron chi connectivity index (χ4n) is 3.70. The lowest BCUT2D eigenvalue weighted by atomic mass is 9.79. The summed E-state index contributed by atoms with van der Waals surface area (Å²) in [5, 5.41) is 0. The molecule has 0 aliphatic carbocycles. The molecule has 3 rings (SSSR count). The van der Waals surface area contributed by atoms with Crippen LogP contribution in [-0.2, 0) is 11.3 Å². The van der Waals surface area contributed by atoms with Gasteiger partial charge < -0.3 is 14.4 Å². The second-order valence-electron chi connectivity index (χ2n) is 6.51. The summed E-state index contributed by atoms with van der Waals surface area (Å²) in [7, 11) is 3.50. The Labute approximate surface area is 127 Å². The molecule has 0 aromatic heterocycles. The minimum atomic E-state index is 0.556. The monoisotopic (exact) mass is 290 g/mol. The van der Waals surface area contributed by atoms with E-state index in [0.29, 0.717) is 5.41 Å². The summed E-state index contributed by atoms with van der Waals surface area (Å²) in [6, 6.07) is 8.44. The third kappa shape index (κ3) is 3.39. The van der Waals surface area contributed by atoms with Gasteiger partial charge >= 0.3 is 0 Å². The van der Waals surface area contributed by atoms with Gasteiger partial charge in [-0.3, -0.25) is 4.90 Å². The second kappa shape index (κ2) is 6.34. The van der Waals surface area contributed by atoms with E-state index >= 15 is 0 Å². The van der Waals surface area contributed by atoms with E-state index < -0.39 is 0 Å². The van der Waals surface area contributed by atoms with Gasteiger partial charge in [-0.1, -0.05) is 12.1 Å². The van der Waals surface area contributed by atoms with Crippen molar-refractivity contribution in [1.29, 1.82) is 0 Å². The summed E-state index contributed by atoms with van der Waals surface area (Å²) in [4.78, 5) is 5.11. The lowest BCUT2D eigenvalue weighted by molar-refractivity contribution is 0.000740. The van der Waals surface area contributed by atoms with Crippen molar-refractivity contribution in [2.24, 2.45) is 5.41 Å². The van der Waals surface area contributed by atoms with E-state index in [1.54, 1.807) is 14.2 Å². The van der Waals surface area contributed by atoms with Crippen molar-refractivity contribution in [2.75, 3.05) is 53.6 Å². The lowest BCUT2D eigenvalue weighted by Gasteiger charge is -2.48. The summed E-state index contributed by atoms with van der Waals surface area (Å²) in [6.45, 7) is 7.95. The molecule has 2 saturated heterocycles. The molecular formula is C17H26N2O2. The Kier molecular flexibility index (Phi) is 4.48. The van der Waals surface area contributed by atoms with Crippen LogP contribution < -0.4 is 4.74 Å². The Hall–Kier alpha value is -1.10. The summed E-state index contributed by atoms with van der Waals surface area (Å²) < 4.78 is 10.4. The van der Waals surface area contributed by atoms with Crippen molar-refractivity contribution in [2.45, 2.75) is 13.0 Å². The van der Waals surface area contributed by atoms with Gasteiger partial charge in [0.05, 0.1) is 13.7 Å². The maximum absolute atomic E-state index is 5.21. The fourth-order valence-corrected chi connectivity index (χ4v) is 3.70. The Morgan fingerprint density at radius 2 is 1.76 bits per heavy atom. The molecule has 0 unspecified atom stereocenters. The number of benzene rings is 1. The molecule has 1 aromatic carbocycles. The highest BCUT2D eigenvalue weighted by Gasteiger charge is 2.46. The molecule has 4 nitrogen and oxygen atoms in total. The van der Waals surface area contributed by atoms with Crippen LogP contribution in [0.1, 0.15) is 12.0 Å². The zero-order chi connectivity index (χ0) is 14.7. The third-order valence-electron chi connectivity index (χ3n) is 4.81. The highest BCUT2D eigenvalue weighted by molar-refractivity contribution is 5.27. The van der Waals surface area contributed by atoms with Gasteiger partial charge in [-0.2, -0.15) is 0 Å². The highest BCUT2D eigenvalue weighted by atomic mass is 16.5. The molecule has 0 radical (unpaired) electrons. The highest BCUT2D eigenvalue weighted by Crippen LogP contribution is 2.40. The summed E-state index contributed by atoms with van der Waals surface area (Å²) >= 11 is 0. The van der Waals surface area contributed by atoms with Crippen LogP contribution in [0.25, 0.3) is 0 Å². The molecule has 2 aliphatic heterocycles. The van der Waals surface area contributed by atoms with Gasteiger partial charge in [0.2, 0.25) is 0 Å². The van der Waals surface area contributed by atoms with E-state index in [1.165, 1.54) is 38.2 Å². The molecule has 0 amide bonds. The molecule has 1 aromatic rings. The van der Waals surface area contributed by atoms with Crippen LogP contribution in [0.15, 0.2) is 24.3 Å². The molecule has 116 valence electrons. The lowest BCUT2D eigenvalue weighted by Crippen LogP contribution is -2.56. The standard InChI is InChI=1S/C17H26N2O2/c1-20-10-9-18-8-7-17(12-18)13-19(14-17)11-15-3-5-16(21-2)6-4-15/h3-6H,7-14H2,1-2H3. The number of methoxy groups -OCH3 is 2. The topological polar surface area (TPSA) is 24.9 Å². The van der Waals surface area contributed by atoms with Gasteiger partial charge in [0, 0.05) is 45.2 Å². The van der Waals surface area contributed by atoms with Gasteiger partial charge in [-0.05, 0) is 30.7 Å². The van der Waals surface area contributed by atoms with Crippen molar-refractivity contribution in [3.63, 3.8) is 0 Å². The van der Waals surface area contributed by atoms with Gasteiger partial charge in [0.25, 0.3) is 0 Å². The van der Waals surface area contributed by atoms with Crippen LogP contribution in [0.5, 0.6) is 5.75 Å². The number of likely N-dealkylation sites (tertiary alicyclic amines) is 2. The zero-order valence-corrected chi connectivity index (χ0v) is 13.2. The van der Waals surface area contributed by atoms with Gasteiger partial charge in [-0.25, -0.2) is 0 Å². The van der Waals surface area contributed by atoms with Crippen LogP contribution in [0, 0.1) is 5.41 Å². The average Bonchev–Trinajstić information content (AvgIpc) is 2.90. The van der Waals surface area contributed by atoms with Crippen LogP contribution in [-0.4, -0.2) is 63.4 Å². The molecule has 0 atom stereocenters. The van der Waals surface area contributed by atoms with Crippen LogP contribution >= 0.6 is 0 Å². The smallest absolute Gasteiger partial charge is 0.118 e. The maximum atomic E-state index is 5.21. The number of rotatable bonds is 6. The number of ether oxygens (including phenoxy) is 2. The van der Waals surface area contributed by atoms with Gasteiger partial charge in [-0.15, -0.1) is 0 Å². The molecule has 0 N–H and O–H groups in total. The Morgan fingerprint density at radius 1 is 1.05 bits per heavy atom. The van der Waals surface area contributed by atoms with Crippen LogP contribution in [0.2, 0.25) is 0 Å². The molecule has 2 fully saturated rings. The SMILES string of the molecule is COCCN1CCC2(C1)CN(Cc1ccc(OC)cc1)C2. The third-order valence-corrected chi connectivity index (χ3v) is 4.81. The largest absolute Gasteiger partial charge is 0.497 e. The van der Waals surface area contributed by atoms with Crippen molar-refractivity contribution in [3.8, 4) is 5.75 Å². The van der Waals surface area contributed by atoms with E-state index in [2.05, 4.69) is 21.9 Å². The normalized spacial score (nSPS) is 21.6. The van der Waals surface area contributed by atoms with Crippen LogP contribution in [0.4, 0.5) is 0 Å². The van der Waals surface area contributed by atoms with Gasteiger partial charge in [0.1, 0.15) is 5.75 Å². The van der Waals surface area contributed by atoms with Crippen molar-refractivity contribution < 1.29 is 9.47 Å². The van der Waals surface area contributed by atoms with Crippen molar-refractivity contribution in [3.05, 3.63) is 29.8 Å². The summed E-state index contributed by atoms with van der Waals surface area (Å²) in [5.41, 5.74) is 1.93. The Bertz CT molecular complexity index is 454. The quantitative estimate of drug-likeness (QED) is 0.798. The molecule has 1 spiro atoms. The van der Waals surface area contributed by atoms with E-state index in [-0.39, 0.29) is 0 Å². The van der Waals surface area contributed by atoms with E-state index in [9.17, 15) is 0 Å². The first-order chi connectivity index (χ1) is 10.2. The van der Waals surface area contributed by atoms with Crippen molar-refractivity contribution in [1.82, 2.24) is 9.80 Å². The predicted molar refractivity (Wildman–Crippen MR) is 83.6 cm³/mol. The molecule has 2 aliphatic rings. The molecule has 2 heterocycles. The number of nitrogens with zero attached hydrogens (tertiary/aromatic N) is 2. The Morgan fingerprint density at radius 3 is 2.43 bits per heavy atom. The first-order valence-corrected chi connectivity index (χ1v) is 7.80. The molecule has 21 heavy (non-hydrogen) atoms. The minimum Gasteiger partial charge on any atom is -0.497 e. The first-order valence-electron chi connectivity index (χ1n) is 7.80. The zero-order valence-electron chi connectivity index (χ0n) is 13.2. The maximum Gasteiger partial charge on any atom is 0.118 e. The minimum absolute atomic E-state index is 0.556. The Balaban J connectivity index is 1.45. The van der Waals surface area contributed by atoms with Crippen LogP contribution in [0.3, 0.4) is 0 Å². The average molecular weight is 290 g/mol. The van der Waals surface area contributed by atoms with Gasteiger partial charge in [0.15, 0.2) is 0 Å². The van der Waals surface area contributed by atoms with Crippen molar-refractivity contribution >= 4 is 0 Å². The van der Waals surface area contributed by atoms with E-state index in [1.807, 2.05) is 12.1 Å². The van der Waals surface area contributed by atoms with E-state index in [4.69, 9.17) is 9.47 Å². The van der Waals surface area contributed by atoms with E-state index in [0.717, 1.165) is 25.4 Å². The fraction of sp³-hybridized carbons (Fsp3) is 0.647. The second-order valence-corrected chi connectivity index (χ2v) is 6.51. The summed E-state index contributed by atoms with van der Waals surface area (Å²) in [5.74, 6) is 0.934. The summed E-state index contributed by atoms with van der Waals surface area (Å²) in [6.07, 6.45) is 1.34. The molecular weight excluding hydrogens is 264 g/mol. The predicted octanol–water partition coefficient (Wildman–Crippen LogP) is 1.85. The molecule has 4 heteroatoms. The number of hydrogen-bond donors (Lipinski definition) is 0. The molecule has 0 bridgehead atoms. The first kappa shape index (κ1) is 14.8.